The lowest BCUT2D eigenvalue weighted by atomic mass is 10.1. The Labute approximate surface area is 194 Å². The van der Waals surface area contributed by atoms with E-state index in [0.29, 0.717) is 5.13 Å². The number of fused-ring (bicyclic) bond motifs is 1. The summed E-state index contributed by atoms with van der Waals surface area (Å²) in [5.41, 5.74) is 1.71. The largest absolute Gasteiger partial charge is 0.455 e. The van der Waals surface area contributed by atoms with E-state index in [0.717, 1.165) is 22.0 Å². The minimum atomic E-state index is -3.56. The van der Waals surface area contributed by atoms with Gasteiger partial charge in [-0.25, -0.2) is 13.4 Å². The van der Waals surface area contributed by atoms with E-state index in [2.05, 4.69) is 22.4 Å². The fourth-order valence-electron chi connectivity index (χ4n) is 3.45. The Morgan fingerprint density at radius 1 is 0.909 bits per heavy atom. The second-order valence-electron chi connectivity index (χ2n) is 7.39. The summed E-state index contributed by atoms with van der Waals surface area (Å²) in [6, 6.07) is 25.3. The van der Waals surface area contributed by atoms with Gasteiger partial charge in [-0.3, -0.25) is 10.1 Å². The normalized spacial score (nSPS) is 11.5. The quantitative estimate of drug-likeness (QED) is 0.337. The maximum Gasteiger partial charge on any atom is 0.293 e. The van der Waals surface area contributed by atoms with E-state index < -0.39 is 15.7 Å². The monoisotopic (exact) mass is 474 g/mol. The van der Waals surface area contributed by atoms with Crippen LogP contribution in [0.2, 0.25) is 0 Å². The number of hydrogen-bond acceptors (Lipinski definition) is 6. The first kappa shape index (κ1) is 21.1. The minimum absolute atomic E-state index is 0.0238. The van der Waals surface area contributed by atoms with Crippen LogP contribution < -0.4 is 5.32 Å². The van der Waals surface area contributed by atoms with Gasteiger partial charge in [0.05, 0.1) is 10.6 Å². The number of nitrogens with zero attached hydrogens (tertiary/aromatic N) is 1. The molecule has 1 amide bonds. The van der Waals surface area contributed by atoms with E-state index in [1.807, 2.05) is 35.7 Å². The number of carbonyl (C=O) groups is 1. The van der Waals surface area contributed by atoms with E-state index in [1.165, 1.54) is 35.6 Å². The maximum atomic E-state index is 12.6. The van der Waals surface area contributed by atoms with E-state index in [1.54, 1.807) is 18.2 Å². The number of hydrogen-bond donors (Lipinski definition) is 1. The molecule has 164 valence electrons. The van der Waals surface area contributed by atoms with Crippen molar-refractivity contribution in [3.63, 3.8) is 0 Å². The predicted molar refractivity (Wildman–Crippen MR) is 129 cm³/mol. The summed E-state index contributed by atoms with van der Waals surface area (Å²) in [5.74, 6) is -0.596. The Kier molecular flexibility index (Phi) is 5.53. The molecule has 0 spiro atoms. The highest BCUT2D eigenvalue weighted by Gasteiger charge is 2.20. The molecule has 2 aromatic heterocycles. The van der Waals surface area contributed by atoms with Gasteiger partial charge in [-0.2, -0.15) is 0 Å². The third-order valence-electron chi connectivity index (χ3n) is 5.09. The standard InChI is InChI=1S/C25H18N2O4S2/c28-24(23-13-12-20(31-23)16-33(29,30)21-8-2-1-3-9-21)27-25-26-22(15-32-25)19-11-10-17-6-4-5-7-18(17)14-19/h1-15H,16H2,(H,26,27,28). The molecule has 0 fully saturated rings. The van der Waals surface area contributed by atoms with Gasteiger partial charge >= 0.3 is 0 Å². The van der Waals surface area contributed by atoms with Gasteiger partial charge in [-0.1, -0.05) is 54.6 Å². The number of sulfone groups is 1. The lowest BCUT2D eigenvalue weighted by Gasteiger charge is -2.02. The van der Waals surface area contributed by atoms with Crippen LogP contribution in [0.3, 0.4) is 0 Å². The molecule has 0 aliphatic rings. The Morgan fingerprint density at radius 2 is 1.67 bits per heavy atom. The molecule has 33 heavy (non-hydrogen) atoms. The molecule has 5 aromatic rings. The third-order valence-corrected chi connectivity index (χ3v) is 7.50. The zero-order valence-corrected chi connectivity index (χ0v) is 18.9. The van der Waals surface area contributed by atoms with Crippen molar-refractivity contribution < 1.29 is 17.6 Å². The van der Waals surface area contributed by atoms with Crippen LogP contribution in [0.5, 0.6) is 0 Å². The van der Waals surface area contributed by atoms with Gasteiger partial charge in [-0.15, -0.1) is 11.3 Å². The van der Waals surface area contributed by atoms with Gasteiger partial charge < -0.3 is 4.42 Å². The van der Waals surface area contributed by atoms with Gasteiger partial charge in [-0.05, 0) is 41.1 Å². The van der Waals surface area contributed by atoms with Crippen molar-refractivity contribution in [1.29, 1.82) is 0 Å². The first-order chi connectivity index (χ1) is 16.0. The summed E-state index contributed by atoms with van der Waals surface area (Å²) in [6.45, 7) is 0. The summed E-state index contributed by atoms with van der Waals surface area (Å²) < 4.78 is 30.5. The Hall–Kier alpha value is -3.75. The van der Waals surface area contributed by atoms with Gasteiger partial charge in [0.15, 0.2) is 20.7 Å². The first-order valence-electron chi connectivity index (χ1n) is 10.1. The smallest absolute Gasteiger partial charge is 0.293 e. The van der Waals surface area contributed by atoms with Gasteiger partial charge in [0.2, 0.25) is 0 Å². The van der Waals surface area contributed by atoms with E-state index >= 15 is 0 Å². The number of amides is 1. The second-order valence-corrected chi connectivity index (χ2v) is 10.2. The van der Waals surface area contributed by atoms with E-state index in [-0.39, 0.29) is 22.2 Å². The van der Waals surface area contributed by atoms with Crippen LogP contribution in [-0.2, 0) is 15.6 Å². The number of aromatic nitrogens is 1. The molecule has 6 nitrogen and oxygen atoms in total. The van der Waals surface area contributed by atoms with Gasteiger partial charge in [0.25, 0.3) is 5.91 Å². The minimum Gasteiger partial charge on any atom is -0.455 e. The number of anilines is 1. The third kappa shape index (κ3) is 4.57. The Bertz CT molecular complexity index is 1550. The van der Waals surface area contributed by atoms with Crippen LogP contribution in [0.15, 0.2) is 99.6 Å². The number of thiazole rings is 1. The SMILES string of the molecule is O=C(Nc1nc(-c2ccc3ccccc3c2)cs1)c1ccc(CS(=O)(=O)c2ccccc2)o1. The van der Waals surface area contributed by atoms with Crippen molar-refractivity contribution in [3.8, 4) is 11.3 Å². The second kappa shape index (κ2) is 8.65. The molecule has 3 aromatic carbocycles. The van der Waals surface area contributed by atoms with Crippen molar-refractivity contribution in [2.45, 2.75) is 10.6 Å². The van der Waals surface area contributed by atoms with E-state index in [4.69, 9.17) is 4.42 Å². The fourth-order valence-corrected chi connectivity index (χ4v) is 5.43. The molecule has 0 aliphatic heterocycles. The molecule has 0 bridgehead atoms. The van der Waals surface area contributed by atoms with Crippen molar-refractivity contribution in [2.24, 2.45) is 0 Å². The molecule has 8 heteroatoms. The van der Waals surface area contributed by atoms with Crippen LogP contribution in [0.1, 0.15) is 16.3 Å². The predicted octanol–water partition coefficient (Wildman–Crippen LogP) is 5.78. The lowest BCUT2D eigenvalue weighted by Crippen LogP contribution is -2.10. The van der Waals surface area contributed by atoms with Crippen LogP contribution in [0, 0.1) is 0 Å². The summed E-state index contributed by atoms with van der Waals surface area (Å²) in [5, 5.41) is 7.28. The number of furan rings is 1. The molecular weight excluding hydrogens is 456 g/mol. The Balaban J connectivity index is 1.29. The van der Waals surface area contributed by atoms with Crippen LogP contribution in [0.4, 0.5) is 5.13 Å². The van der Waals surface area contributed by atoms with Crippen LogP contribution in [-0.4, -0.2) is 19.3 Å². The summed E-state index contributed by atoms with van der Waals surface area (Å²) in [4.78, 5) is 17.3. The molecule has 0 atom stereocenters. The molecule has 0 saturated heterocycles. The zero-order chi connectivity index (χ0) is 22.8. The summed E-state index contributed by atoms with van der Waals surface area (Å²) in [6.07, 6.45) is 0. The fraction of sp³-hybridized carbons (Fsp3) is 0.0400. The number of rotatable bonds is 6. The highest BCUT2D eigenvalue weighted by molar-refractivity contribution is 7.90. The first-order valence-corrected chi connectivity index (χ1v) is 12.6. The summed E-state index contributed by atoms with van der Waals surface area (Å²) in [7, 11) is -3.56. The van der Waals surface area contributed by atoms with Crippen molar-refractivity contribution in [2.75, 3.05) is 5.32 Å². The van der Waals surface area contributed by atoms with Crippen molar-refractivity contribution >= 4 is 43.0 Å². The molecule has 5 rings (SSSR count). The molecule has 0 saturated carbocycles. The number of benzene rings is 3. The van der Waals surface area contributed by atoms with Crippen molar-refractivity contribution in [1.82, 2.24) is 4.98 Å². The van der Waals surface area contributed by atoms with Gasteiger partial charge in [0.1, 0.15) is 11.5 Å². The molecule has 0 radical (unpaired) electrons. The Morgan fingerprint density at radius 3 is 2.48 bits per heavy atom. The van der Waals surface area contributed by atoms with Crippen molar-refractivity contribution in [3.05, 3.63) is 102 Å². The van der Waals surface area contributed by atoms with Crippen LogP contribution in [0.25, 0.3) is 22.0 Å². The summed E-state index contributed by atoms with van der Waals surface area (Å²) >= 11 is 1.31. The maximum absolute atomic E-state index is 12.6. The van der Waals surface area contributed by atoms with Crippen LogP contribution >= 0.6 is 11.3 Å². The molecule has 0 unspecified atom stereocenters. The highest BCUT2D eigenvalue weighted by Crippen LogP contribution is 2.28. The molecule has 2 heterocycles. The molecule has 0 aliphatic carbocycles. The topological polar surface area (TPSA) is 89.3 Å². The molecule has 1 N–H and O–H groups in total. The number of nitrogens with one attached hydrogen (secondary N) is 1. The van der Waals surface area contributed by atoms with Gasteiger partial charge in [0, 0.05) is 10.9 Å². The lowest BCUT2D eigenvalue weighted by molar-refractivity contribution is 0.0995. The average Bonchev–Trinajstić information content (AvgIpc) is 3.49. The highest BCUT2D eigenvalue weighted by atomic mass is 32.2. The molecular formula is C25H18N2O4S2. The number of carbonyl (C=O) groups excluding carboxylic acids is 1. The zero-order valence-electron chi connectivity index (χ0n) is 17.3. The van der Waals surface area contributed by atoms with E-state index in [9.17, 15) is 13.2 Å². The average molecular weight is 475 g/mol.